The molecular weight excluding hydrogens is 204 g/mol. The fraction of sp³-hybridized carbons (Fsp3) is 0.0833. The lowest BCUT2D eigenvalue weighted by molar-refractivity contribution is 0.0593. The fourth-order valence-corrected chi connectivity index (χ4v) is 1.40. The highest BCUT2D eigenvalue weighted by Gasteiger charge is 2.14. The molecule has 0 bridgehead atoms. The normalized spacial score (nSPS) is 10.1. The zero-order chi connectivity index (χ0) is 11.5. The number of carbonyl (C=O) groups excluding carboxylic acids is 1. The third kappa shape index (κ3) is 1.65. The molecule has 1 heterocycles. The van der Waals surface area contributed by atoms with Crippen LogP contribution in [0.4, 0.5) is 0 Å². The molecule has 0 aliphatic rings. The second-order valence-electron chi connectivity index (χ2n) is 3.14. The molecule has 16 heavy (non-hydrogen) atoms. The van der Waals surface area contributed by atoms with Crippen LogP contribution >= 0.6 is 0 Å². The molecule has 0 fully saturated rings. The summed E-state index contributed by atoms with van der Waals surface area (Å²) in [6.07, 6.45) is 1.49. The van der Waals surface area contributed by atoms with Crippen molar-refractivity contribution in [2.24, 2.45) is 0 Å². The van der Waals surface area contributed by atoms with Gasteiger partial charge < -0.3 is 4.74 Å². The van der Waals surface area contributed by atoms with Crippen molar-refractivity contribution in [2.75, 3.05) is 7.11 Å². The Bertz CT molecular complexity index is 564. The average Bonchev–Trinajstić information content (AvgIpc) is 2.36. The summed E-state index contributed by atoms with van der Waals surface area (Å²) in [6, 6.07) is 7.32. The van der Waals surface area contributed by atoms with Gasteiger partial charge in [-0.15, -0.1) is 0 Å². The van der Waals surface area contributed by atoms with Gasteiger partial charge in [0.1, 0.15) is 0 Å². The Morgan fingerprint density at radius 1 is 1.31 bits per heavy atom. The van der Waals surface area contributed by atoms with Gasteiger partial charge in [0.2, 0.25) is 0 Å². The SMILES string of the molecule is C=Cc1nc2ccccc2nc1C(=O)OC. The van der Waals surface area contributed by atoms with Crippen molar-refractivity contribution in [1.29, 1.82) is 0 Å². The molecule has 1 aromatic carbocycles. The number of carbonyl (C=O) groups is 1. The van der Waals surface area contributed by atoms with Crippen molar-refractivity contribution in [1.82, 2.24) is 9.97 Å². The van der Waals surface area contributed by atoms with Crippen LogP contribution in [0.1, 0.15) is 16.2 Å². The van der Waals surface area contributed by atoms with E-state index in [1.807, 2.05) is 18.2 Å². The number of aromatic nitrogens is 2. The molecule has 0 saturated carbocycles. The molecule has 4 nitrogen and oxygen atoms in total. The highest BCUT2D eigenvalue weighted by molar-refractivity contribution is 5.93. The third-order valence-electron chi connectivity index (χ3n) is 2.17. The third-order valence-corrected chi connectivity index (χ3v) is 2.17. The van der Waals surface area contributed by atoms with Gasteiger partial charge in [0.15, 0.2) is 5.69 Å². The van der Waals surface area contributed by atoms with Crippen molar-refractivity contribution < 1.29 is 9.53 Å². The summed E-state index contributed by atoms with van der Waals surface area (Å²) in [6.45, 7) is 3.60. The largest absolute Gasteiger partial charge is 0.464 e. The summed E-state index contributed by atoms with van der Waals surface area (Å²) in [5, 5.41) is 0. The highest BCUT2D eigenvalue weighted by atomic mass is 16.5. The molecule has 0 spiro atoms. The number of methoxy groups -OCH3 is 1. The summed E-state index contributed by atoms with van der Waals surface area (Å²) in [4.78, 5) is 20.0. The number of ether oxygens (including phenoxy) is 1. The number of hydrogen-bond acceptors (Lipinski definition) is 4. The molecule has 4 heteroatoms. The van der Waals surface area contributed by atoms with E-state index in [-0.39, 0.29) is 5.69 Å². The van der Waals surface area contributed by atoms with Gasteiger partial charge in [-0.3, -0.25) is 0 Å². The summed E-state index contributed by atoms with van der Waals surface area (Å²) >= 11 is 0. The molecule has 0 aliphatic heterocycles. The van der Waals surface area contributed by atoms with E-state index in [1.54, 1.807) is 6.07 Å². The number of nitrogens with zero attached hydrogens (tertiary/aromatic N) is 2. The first-order valence-corrected chi connectivity index (χ1v) is 4.74. The van der Waals surface area contributed by atoms with Crippen LogP contribution in [0.5, 0.6) is 0 Å². The van der Waals surface area contributed by atoms with Crippen LogP contribution < -0.4 is 0 Å². The number of hydrogen-bond donors (Lipinski definition) is 0. The van der Waals surface area contributed by atoms with E-state index in [2.05, 4.69) is 21.3 Å². The zero-order valence-electron chi connectivity index (χ0n) is 8.80. The monoisotopic (exact) mass is 214 g/mol. The number of para-hydroxylation sites is 2. The molecule has 0 unspecified atom stereocenters. The van der Waals surface area contributed by atoms with E-state index in [0.717, 1.165) is 5.52 Å². The van der Waals surface area contributed by atoms with Crippen LogP contribution in [0.3, 0.4) is 0 Å². The summed E-state index contributed by atoms with van der Waals surface area (Å²) in [7, 11) is 1.31. The quantitative estimate of drug-likeness (QED) is 0.718. The van der Waals surface area contributed by atoms with Gasteiger partial charge in [0.05, 0.1) is 23.8 Å². The maximum atomic E-state index is 11.5. The Kier molecular flexibility index (Phi) is 2.64. The van der Waals surface area contributed by atoms with Crippen LogP contribution in [0.15, 0.2) is 30.8 Å². The van der Waals surface area contributed by atoms with Gasteiger partial charge in [0.25, 0.3) is 0 Å². The molecule has 0 amide bonds. The van der Waals surface area contributed by atoms with Crippen LogP contribution in [0, 0.1) is 0 Å². The van der Waals surface area contributed by atoms with Crippen molar-refractivity contribution in [3.63, 3.8) is 0 Å². The molecule has 80 valence electrons. The average molecular weight is 214 g/mol. The van der Waals surface area contributed by atoms with Gasteiger partial charge in [0, 0.05) is 0 Å². The second kappa shape index (κ2) is 4.10. The Morgan fingerprint density at radius 3 is 2.50 bits per heavy atom. The number of esters is 1. The standard InChI is InChI=1S/C12H10N2O2/c1-3-8-11(12(15)16-2)14-10-7-5-4-6-9(10)13-8/h3-7H,1H2,2H3. The molecule has 0 N–H and O–H groups in total. The maximum Gasteiger partial charge on any atom is 0.358 e. The van der Waals surface area contributed by atoms with Crippen LogP contribution in [-0.2, 0) is 4.74 Å². The Hall–Kier alpha value is -2.23. The summed E-state index contributed by atoms with van der Waals surface area (Å²) in [5.41, 5.74) is 2.01. The minimum Gasteiger partial charge on any atom is -0.464 e. The molecule has 2 aromatic rings. The van der Waals surface area contributed by atoms with E-state index in [4.69, 9.17) is 0 Å². The first-order chi connectivity index (χ1) is 7.76. The molecule has 1 aromatic heterocycles. The molecular formula is C12H10N2O2. The van der Waals surface area contributed by atoms with Gasteiger partial charge in [-0.05, 0) is 18.2 Å². The topological polar surface area (TPSA) is 52.1 Å². The van der Waals surface area contributed by atoms with Crippen LogP contribution in [0.2, 0.25) is 0 Å². The zero-order valence-corrected chi connectivity index (χ0v) is 8.80. The van der Waals surface area contributed by atoms with E-state index >= 15 is 0 Å². The Balaban J connectivity index is 2.72. The minimum absolute atomic E-state index is 0.191. The minimum atomic E-state index is -0.506. The maximum absolute atomic E-state index is 11.5. The molecule has 0 atom stereocenters. The molecule has 0 radical (unpaired) electrons. The van der Waals surface area contributed by atoms with Crippen LogP contribution in [-0.4, -0.2) is 23.0 Å². The predicted molar refractivity (Wildman–Crippen MR) is 61.0 cm³/mol. The Labute approximate surface area is 92.6 Å². The van der Waals surface area contributed by atoms with Crippen molar-refractivity contribution >= 4 is 23.1 Å². The van der Waals surface area contributed by atoms with E-state index in [9.17, 15) is 4.79 Å². The van der Waals surface area contributed by atoms with E-state index in [0.29, 0.717) is 11.2 Å². The van der Waals surface area contributed by atoms with Gasteiger partial charge in [-0.2, -0.15) is 0 Å². The summed E-state index contributed by atoms with van der Waals surface area (Å²) < 4.78 is 4.64. The van der Waals surface area contributed by atoms with Gasteiger partial charge in [-0.1, -0.05) is 18.7 Å². The first-order valence-electron chi connectivity index (χ1n) is 4.74. The number of benzene rings is 1. The predicted octanol–water partition coefficient (Wildman–Crippen LogP) is 2.06. The second-order valence-corrected chi connectivity index (χ2v) is 3.14. The molecule has 2 rings (SSSR count). The number of fused-ring (bicyclic) bond motifs is 1. The smallest absolute Gasteiger partial charge is 0.358 e. The number of rotatable bonds is 2. The van der Waals surface area contributed by atoms with Crippen molar-refractivity contribution in [2.45, 2.75) is 0 Å². The van der Waals surface area contributed by atoms with E-state index in [1.165, 1.54) is 13.2 Å². The lowest BCUT2D eigenvalue weighted by Gasteiger charge is -2.04. The molecule has 0 saturated heterocycles. The lowest BCUT2D eigenvalue weighted by Crippen LogP contribution is -2.08. The highest BCUT2D eigenvalue weighted by Crippen LogP contribution is 2.14. The van der Waals surface area contributed by atoms with Crippen molar-refractivity contribution in [3.05, 3.63) is 42.2 Å². The van der Waals surface area contributed by atoms with Gasteiger partial charge >= 0.3 is 5.97 Å². The Morgan fingerprint density at radius 2 is 1.94 bits per heavy atom. The van der Waals surface area contributed by atoms with E-state index < -0.39 is 5.97 Å². The summed E-state index contributed by atoms with van der Waals surface area (Å²) in [5.74, 6) is -0.506. The lowest BCUT2D eigenvalue weighted by atomic mass is 10.2. The molecule has 0 aliphatic carbocycles. The van der Waals surface area contributed by atoms with Crippen molar-refractivity contribution in [3.8, 4) is 0 Å². The fourth-order valence-electron chi connectivity index (χ4n) is 1.40. The van der Waals surface area contributed by atoms with Crippen LogP contribution in [0.25, 0.3) is 17.1 Å². The van der Waals surface area contributed by atoms with Gasteiger partial charge in [-0.25, -0.2) is 14.8 Å². The first kappa shape index (κ1) is 10.3.